The highest BCUT2D eigenvalue weighted by Gasteiger charge is 2.34. The van der Waals surface area contributed by atoms with Crippen molar-refractivity contribution >= 4 is 5.78 Å². The maximum absolute atomic E-state index is 12.2. The second-order valence-electron chi connectivity index (χ2n) is 5.31. The van der Waals surface area contributed by atoms with E-state index in [4.69, 9.17) is 5.73 Å². The summed E-state index contributed by atoms with van der Waals surface area (Å²) in [6.07, 6.45) is 6.62. The smallest absolute Gasteiger partial charge is 0.143 e. The summed E-state index contributed by atoms with van der Waals surface area (Å²) >= 11 is 0. The Morgan fingerprint density at radius 2 is 2.29 bits per heavy atom. The van der Waals surface area contributed by atoms with Crippen molar-refractivity contribution in [3.05, 3.63) is 29.6 Å². The number of carbonyl (C=O) groups excluding carboxylic acids is 1. The Bertz CT molecular complexity index is 440. The minimum absolute atomic E-state index is 0.0102. The number of ketones is 1. The van der Waals surface area contributed by atoms with Gasteiger partial charge in [0.05, 0.1) is 11.6 Å². The fourth-order valence-corrected chi connectivity index (χ4v) is 2.79. The monoisotopic (exact) mass is 230 g/mol. The number of Topliss-reactive ketones (excluding diaryl/α,β-unsaturated/α-hetero) is 1. The summed E-state index contributed by atoms with van der Waals surface area (Å²) in [7, 11) is 0. The number of nitrogens with zero attached hydrogens (tertiary/aromatic N) is 1. The highest BCUT2D eigenvalue weighted by atomic mass is 16.1. The van der Waals surface area contributed by atoms with Gasteiger partial charge in [-0.2, -0.15) is 0 Å². The number of hydrogen-bond donors (Lipinski definition) is 1. The fraction of sp³-hybridized carbons (Fsp3) is 0.571. The molecule has 3 nitrogen and oxygen atoms in total. The lowest BCUT2D eigenvalue weighted by Gasteiger charge is -2.13. The van der Waals surface area contributed by atoms with Gasteiger partial charge in [0.25, 0.3) is 0 Å². The van der Waals surface area contributed by atoms with E-state index in [0.29, 0.717) is 18.1 Å². The van der Waals surface area contributed by atoms with E-state index in [1.165, 1.54) is 18.4 Å². The van der Waals surface area contributed by atoms with Crippen molar-refractivity contribution in [2.24, 2.45) is 11.7 Å². The Hall–Kier alpha value is -1.22. The van der Waals surface area contributed by atoms with Gasteiger partial charge in [-0.05, 0) is 43.2 Å². The second kappa shape index (κ2) is 4.22. The first kappa shape index (κ1) is 10.9. The molecular formula is C14H18N2O. The molecule has 1 saturated carbocycles. The third-order valence-corrected chi connectivity index (χ3v) is 4.01. The molecule has 2 aliphatic carbocycles. The first-order chi connectivity index (χ1) is 8.25. The SMILES string of the molecule is NC(CC(=O)C1CCc2cccnc21)C1CC1. The topological polar surface area (TPSA) is 56.0 Å². The van der Waals surface area contributed by atoms with Crippen LogP contribution in [-0.2, 0) is 11.2 Å². The van der Waals surface area contributed by atoms with Crippen molar-refractivity contribution in [3.8, 4) is 0 Å². The number of fused-ring (bicyclic) bond motifs is 1. The Morgan fingerprint density at radius 1 is 1.47 bits per heavy atom. The molecule has 17 heavy (non-hydrogen) atoms. The highest BCUT2D eigenvalue weighted by Crippen LogP contribution is 2.36. The Kier molecular flexibility index (Phi) is 2.71. The predicted octanol–water partition coefficient (Wildman–Crippen LogP) is 1.81. The van der Waals surface area contributed by atoms with Crippen LogP contribution in [0.4, 0.5) is 0 Å². The maximum atomic E-state index is 12.2. The molecule has 2 aliphatic rings. The number of carbonyl (C=O) groups is 1. The molecule has 2 atom stereocenters. The van der Waals surface area contributed by atoms with Gasteiger partial charge in [-0.3, -0.25) is 9.78 Å². The first-order valence-electron chi connectivity index (χ1n) is 6.48. The number of nitrogens with two attached hydrogens (primary N) is 1. The van der Waals surface area contributed by atoms with Crippen LogP contribution in [0.5, 0.6) is 0 Å². The van der Waals surface area contributed by atoms with Crippen molar-refractivity contribution in [3.63, 3.8) is 0 Å². The highest BCUT2D eigenvalue weighted by molar-refractivity contribution is 5.86. The van der Waals surface area contributed by atoms with Gasteiger partial charge in [-0.15, -0.1) is 0 Å². The molecule has 0 amide bonds. The zero-order valence-electron chi connectivity index (χ0n) is 9.93. The van der Waals surface area contributed by atoms with E-state index in [9.17, 15) is 4.79 Å². The lowest BCUT2D eigenvalue weighted by atomic mass is 9.94. The molecule has 0 spiro atoms. The molecule has 2 N–H and O–H groups in total. The zero-order chi connectivity index (χ0) is 11.8. The standard InChI is InChI=1S/C14H18N2O/c15-12(9-3-4-9)8-13(17)11-6-5-10-2-1-7-16-14(10)11/h1-2,7,9,11-12H,3-6,8,15H2. The molecule has 0 bridgehead atoms. The molecule has 1 heterocycles. The molecule has 1 fully saturated rings. The summed E-state index contributed by atoms with van der Waals surface area (Å²) in [6.45, 7) is 0. The van der Waals surface area contributed by atoms with Crippen LogP contribution in [0, 0.1) is 5.92 Å². The third kappa shape index (κ3) is 2.12. The summed E-state index contributed by atoms with van der Waals surface area (Å²) in [5.41, 5.74) is 8.27. The number of aromatic nitrogens is 1. The minimum Gasteiger partial charge on any atom is -0.327 e. The average Bonchev–Trinajstić information content (AvgIpc) is 3.09. The summed E-state index contributed by atoms with van der Waals surface area (Å²) in [4.78, 5) is 16.6. The molecule has 1 aromatic rings. The van der Waals surface area contributed by atoms with Gasteiger partial charge in [0.1, 0.15) is 5.78 Å². The van der Waals surface area contributed by atoms with Crippen LogP contribution in [0.15, 0.2) is 18.3 Å². The van der Waals surface area contributed by atoms with Crippen molar-refractivity contribution in [2.45, 2.75) is 44.1 Å². The van der Waals surface area contributed by atoms with Crippen LogP contribution in [0.2, 0.25) is 0 Å². The third-order valence-electron chi connectivity index (χ3n) is 4.01. The van der Waals surface area contributed by atoms with E-state index in [1.807, 2.05) is 6.07 Å². The minimum atomic E-state index is 0.0102. The van der Waals surface area contributed by atoms with E-state index in [-0.39, 0.29) is 12.0 Å². The van der Waals surface area contributed by atoms with Crippen molar-refractivity contribution < 1.29 is 4.79 Å². The van der Waals surface area contributed by atoms with Crippen LogP contribution in [-0.4, -0.2) is 16.8 Å². The van der Waals surface area contributed by atoms with E-state index in [0.717, 1.165) is 18.5 Å². The van der Waals surface area contributed by atoms with Crippen LogP contribution < -0.4 is 5.73 Å². The van der Waals surface area contributed by atoms with Gasteiger partial charge in [0, 0.05) is 18.7 Å². The summed E-state index contributed by atoms with van der Waals surface area (Å²) < 4.78 is 0. The van der Waals surface area contributed by atoms with E-state index >= 15 is 0 Å². The number of aryl methyl sites for hydroxylation is 1. The van der Waals surface area contributed by atoms with Gasteiger partial charge in [0.2, 0.25) is 0 Å². The number of hydrogen-bond acceptors (Lipinski definition) is 3. The van der Waals surface area contributed by atoms with Gasteiger partial charge < -0.3 is 5.73 Å². The molecule has 0 radical (unpaired) electrons. The van der Waals surface area contributed by atoms with Crippen molar-refractivity contribution in [2.75, 3.05) is 0 Å². The Labute approximate surface area is 101 Å². The lowest BCUT2D eigenvalue weighted by Crippen LogP contribution is -2.28. The fourth-order valence-electron chi connectivity index (χ4n) is 2.79. The quantitative estimate of drug-likeness (QED) is 0.858. The molecule has 0 aliphatic heterocycles. The van der Waals surface area contributed by atoms with Crippen LogP contribution in [0.25, 0.3) is 0 Å². The summed E-state index contributed by atoms with van der Waals surface area (Å²) in [5, 5.41) is 0. The van der Waals surface area contributed by atoms with Crippen molar-refractivity contribution in [1.82, 2.24) is 4.98 Å². The lowest BCUT2D eigenvalue weighted by molar-refractivity contribution is -0.121. The van der Waals surface area contributed by atoms with E-state index < -0.39 is 0 Å². The second-order valence-corrected chi connectivity index (χ2v) is 5.31. The summed E-state index contributed by atoms with van der Waals surface area (Å²) in [6, 6.07) is 4.10. The number of rotatable bonds is 4. The summed E-state index contributed by atoms with van der Waals surface area (Å²) in [5.74, 6) is 0.904. The van der Waals surface area contributed by atoms with Crippen molar-refractivity contribution in [1.29, 1.82) is 0 Å². The Balaban J connectivity index is 1.71. The van der Waals surface area contributed by atoms with E-state index in [1.54, 1.807) is 6.20 Å². The normalized spacial score (nSPS) is 24.4. The zero-order valence-corrected chi connectivity index (χ0v) is 9.93. The molecule has 0 aromatic carbocycles. The molecule has 0 saturated heterocycles. The molecule has 1 aromatic heterocycles. The van der Waals surface area contributed by atoms with Gasteiger partial charge >= 0.3 is 0 Å². The molecule has 3 rings (SSSR count). The van der Waals surface area contributed by atoms with Gasteiger partial charge in [-0.1, -0.05) is 6.07 Å². The number of pyridine rings is 1. The van der Waals surface area contributed by atoms with Gasteiger partial charge in [-0.25, -0.2) is 0 Å². The molecule has 3 heteroatoms. The average molecular weight is 230 g/mol. The maximum Gasteiger partial charge on any atom is 0.143 e. The Morgan fingerprint density at radius 3 is 3.06 bits per heavy atom. The first-order valence-corrected chi connectivity index (χ1v) is 6.48. The van der Waals surface area contributed by atoms with Gasteiger partial charge in [0.15, 0.2) is 0 Å². The molecule has 2 unspecified atom stereocenters. The molecular weight excluding hydrogens is 212 g/mol. The molecule has 90 valence electrons. The van der Waals surface area contributed by atoms with Crippen LogP contribution >= 0.6 is 0 Å². The predicted molar refractivity (Wildman–Crippen MR) is 65.6 cm³/mol. The van der Waals surface area contributed by atoms with E-state index in [2.05, 4.69) is 11.1 Å². The largest absolute Gasteiger partial charge is 0.327 e. The van der Waals surface area contributed by atoms with Crippen LogP contribution in [0.3, 0.4) is 0 Å². The van der Waals surface area contributed by atoms with Crippen LogP contribution in [0.1, 0.15) is 42.9 Å².